The second kappa shape index (κ2) is 5.85. The van der Waals surface area contributed by atoms with Gasteiger partial charge in [-0.1, -0.05) is 18.3 Å². The molecule has 0 radical (unpaired) electrons. The van der Waals surface area contributed by atoms with Crippen LogP contribution in [-0.4, -0.2) is 45.4 Å². The van der Waals surface area contributed by atoms with Gasteiger partial charge in [-0.15, -0.1) is 0 Å². The van der Waals surface area contributed by atoms with Gasteiger partial charge < -0.3 is 9.64 Å². The molecule has 2 aromatic rings. The van der Waals surface area contributed by atoms with Crippen molar-refractivity contribution in [2.45, 2.75) is 38.8 Å². The second-order valence-corrected chi connectivity index (χ2v) is 8.63. The number of hydrogen-bond acceptors (Lipinski definition) is 5. The van der Waals surface area contributed by atoms with Gasteiger partial charge in [-0.05, 0) is 25.2 Å². The third-order valence-corrected chi connectivity index (χ3v) is 6.73. The standard InChI is InChI=1S/C18H24N4OS/c1-2-3-22-11-15(6-20-22)16-7-19-18(24-16)23-17-13-4-12-5-14(17)10-21(8-12)9-13/h6-7,11-14,17H,2-5,8-10H2,1H3. The van der Waals surface area contributed by atoms with E-state index >= 15 is 0 Å². The molecule has 0 N–H and O–H groups in total. The van der Waals surface area contributed by atoms with Crippen LogP contribution in [0.1, 0.15) is 26.2 Å². The van der Waals surface area contributed by atoms with Gasteiger partial charge in [-0.25, -0.2) is 4.98 Å². The van der Waals surface area contributed by atoms with E-state index < -0.39 is 0 Å². The molecule has 4 aliphatic rings. The fourth-order valence-electron chi connectivity index (χ4n) is 4.96. The Morgan fingerprint density at radius 1 is 1.21 bits per heavy atom. The van der Waals surface area contributed by atoms with Gasteiger partial charge in [0.25, 0.3) is 5.19 Å². The maximum atomic E-state index is 6.40. The minimum absolute atomic E-state index is 0.375. The quantitative estimate of drug-likeness (QED) is 0.836. The molecule has 2 unspecified atom stereocenters. The molecule has 24 heavy (non-hydrogen) atoms. The van der Waals surface area contributed by atoms with Crippen molar-refractivity contribution < 1.29 is 4.74 Å². The molecule has 1 saturated carbocycles. The highest BCUT2D eigenvalue weighted by molar-refractivity contribution is 7.16. The van der Waals surface area contributed by atoms with Crippen LogP contribution in [0.2, 0.25) is 0 Å². The van der Waals surface area contributed by atoms with Crippen molar-refractivity contribution in [2.75, 3.05) is 19.6 Å². The van der Waals surface area contributed by atoms with Crippen molar-refractivity contribution in [1.29, 1.82) is 0 Å². The second-order valence-electron chi connectivity index (χ2n) is 7.64. The summed E-state index contributed by atoms with van der Waals surface area (Å²) in [5.74, 6) is 2.32. The molecule has 2 aromatic heterocycles. The first-order chi connectivity index (χ1) is 11.8. The predicted octanol–water partition coefficient (Wildman–Crippen LogP) is 3.14. The number of thiazole rings is 1. The summed E-state index contributed by atoms with van der Waals surface area (Å²) in [6, 6.07) is 0. The average Bonchev–Trinajstić information content (AvgIpc) is 3.20. The SMILES string of the molecule is CCCn1cc(-c2cnc(OC3C4CC5CC3CN(C5)C4)s2)cn1. The highest BCUT2D eigenvalue weighted by Gasteiger charge is 2.48. The topological polar surface area (TPSA) is 43.2 Å². The van der Waals surface area contributed by atoms with Crippen LogP contribution in [0, 0.1) is 17.8 Å². The number of nitrogens with zero attached hydrogens (tertiary/aromatic N) is 4. The van der Waals surface area contributed by atoms with Gasteiger partial charge >= 0.3 is 0 Å². The number of piperidine rings is 3. The summed E-state index contributed by atoms with van der Waals surface area (Å²) < 4.78 is 8.40. The van der Waals surface area contributed by atoms with E-state index in [4.69, 9.17) is 4.74 Å². The van der Waals surface area contributed by atoms with E-state index in [-0.39, 0.29) is 0 Å². The summed E-state index contributed by atoms with van der Waals surface area (Å²) >= 11 is 1.66. The van der Waals surface area contributed by atoms with Crippen molar-refractivity contribution in [1.82, 2.24) is 19.7 Å². The molecular formula is C18H24N4OS. The van der Waals surface area contributed by atoms with Gasteiger partial charge in [0, 0.05) is 56.0 Å². The molecule has 6 rings (SSSR count). The summed E-state index contributed by atoms with van der Waals surface area (Å²) in [6.45, 7) is 6.90. The third-order valence-electron chi connectivity index (χ3n) is 5.80. The summed E-state index contributed by atoms with van der Waals surface area (Å²) in [7, 11) is 0. The maximum Gasteiger partial charge on any atom is 0.274 e. The average molecular weight is 344 g/mol. The van der Waals surface area contributed by atoms with Crippen molar-refractivity contribution >= 4 is 11.3 Å². The summed E-state index contributed by atoms with van der Waals surface area (Å²) in [4.78, 5) is 8.34. The highest BCUT2D eigenvalue weighted by atomic mass is 32.1. The van der Waals surface area contributed by atoms with Crippen molar-refractivity contribution in [3.05, 3.63) is 18.6 Å². The largest absolute Gasteiger partial charge is 0.466 e. The number of rotatable bonds is 5. The van der Waals surface area contributed by atoms with E-state index in [1.165, 1.54) is 32.5 Å². The lowest BCUT2D eigenvalue weighted by molar-refractivity contribution is -0.0985. The molecule has 128 valence electrons. The van der Waals surface area contributed by atoms with Crippen LogP contribution in [0.4, 0.5) is 0 Å². The minimum atomic E-state index is 0.375. The van der Waals surface area contributed by atoms with E-state index in [1.54, 1.807) is 11.3 Å². The molecule has 3 saturated heterocycles. The van der Waals surface area contributed by atoms with Crippen LogP contribution in [0.3, 0.4) is 0 Å². The van der Waals surface area contributed by atoms with Crippen molar-refractivity contribution in [3.8, 4) is 15.6 Å². The van der Waals surface area contributed by atoms with Crippen molar-refractivity contribution in [2.24, 2.45) is 17.8 Å². The zero-order chi connectivity index (χ0) is 16.1. The molecule has 0 amide bonds. The molecule has 0 aromatic carbocycles. The number of ether oxygens (including phenoxy) is 1. The maximum absolute atomic E-state index is 6.40. The van der Waals surface area contributed by atoms with Crippen molar-refractivity contribution in [3.63, 3.8) is 0 Å². The van der Waals surface area contributed by atoms with E-state index in [1.807, 2.05) is 17.1 Å². The lowest BCUT2D eigenvalue weighted by Gasteiger charge is -2.55. The van der Waals surface area contributed by atoms with E-state index in [9.17, 15) is 0 Å². The van der Waals surface area contributed by atoms with Gasteiger partial charge in [0.05, 0.1) is 11.1 Å². The Morgan fingerprint density at radius 3 is 2.79 bits per heavy atom. The molecule has 5 heterocycles. The Labute approximate surface area is 146 Å². The van der Waals surface area contributed by atoms with Crippen LogP contribution in [0.5, 0.6) is 5.19 Å². The lowest BCUT2D eigenvalue weighted by Crippen LogP contribution is -2.61. The fraction of sp³-hybridized carbons (Fsp3) is 0.667. The molecule has 4 bridgehead atoms. The summed E-state index contributed by atoms with van der Waals surface area (Å²) in [5, 5.41) is 5.25. The van der Waals surface area contributed by atoms with Gasteiger partial charge in [-0.2, -0.15) is 5.10 Å². The van der Waals surface area contributed by atoms with Crippen LogP contribution >= 0.6 is 11.3 Å². The lowest BCUT2D eigenvalue weighted by atomic mass is 9.66. The predicted molar refractivity (Wildman–Crippen MR) is 94.2 cm³/mol. The monoisotopic (exact) mass is 344 g/mol. The number of hydrogen-bond donors (Lipinski definition) is 0. The Bertz CT molecular complexity index is 696. The molecule has 4 fully saturated rings. The molecule has 6 heteroatoms. The van der Waals surface area contributed by atoms with Crippen LogP contribution in [0.15, 0.2) is 18.6 Å². The minimum Gasteiger partial charge on any atom is -0.466 e. The first-order valence-electron chi connectivity index (χ1n) is 9.16. The molecule has 5 nitrogen and oxygen atoms in total. The fourth-order valence-corrected chi connectivity index (χ4v) is 5.74. The molecule has 2 atom stereocenters. The van der Waals surface area contributed by atoms with Gasteiger partial charge in [0.2, 0.25) is 0 Å². The summed E-state index contributed by atoms with van der Waals surface area (Å²) in [6.07, 6.45) is 10.1. The molecular weight excluding hydrogens is 320 g/mol. The first kappa shape index (κ1) is 14.9. The Balaban J connectivity index is 1.31. The molecule has 0 spiro atoms. The molecule has 1 aliphatic carbocycles. The number of aromatic nitrogens is 3. The zero-order valence-electron chi connectivity index (χ0n) is 14.1. The first-order valence-corrected chi connectivity index (χ1v) is 9.98. The van der Waals surface area contributed by atoms with Gasteiger partial charge in [0.15, 0.2) is 0 Å². The van der Waals surface area contributed by atoms with E-state index in [0.29, 0.717) is 17.9 Å². The van der Waals surface area contributed by atoms with Gasteiger partial charge in [-0.3, -0.25) is 4.68 Å². The highest BCUT2D eigenvalue weighted by Crippen LogP contribution is 2.45. The normalized spacial score (nSPS) is 34.0. The zero-order valence-corrected chi connectivity index (χ0v) is 14.9. The van der Waals surface area contributed by atoms with E-state index in [2.05, 4.69) is 28.1 Å². The van der Waals surface area contributed by atoms with Gasteiger partial charge in [0.1, 0.15) is 6.10 Å². The Morgan fingerprint density at radius 2 is 2.04 bits per heavy atom. The molecule has 3 aliphatic heterocycles. The van der Waals surface area contributed by atoms with E-state index in [0.717, 1.165) is 34.5 Å². The Kier molecular flexibility index (Phi) is 3.63. The van der Waals surface area contributed by atoms with Crippen LogP contribution < -0.4 is 4.74 Å². The Hall–Kier alpha value is -1.40. The summed E-state index contributed by atoms with van der Waals surface area (Å²) in [5.41, 5.74) is 1.15. The third kappa shape index (κ3) is 2.56. The van der Waals surface area contributed by atoms with Crippen LogP contribution in [-0.2, 0) is 6.54 Å². The number of aryl methyl sites for hydroxylation is 1. The van der Waals surface area contributed by atoms with Crippen LogP contribution in [0.25, 0.3) is 10.4 Å². The smallest absolute Gasteiger partial charge is 0.274 e.